The van der Waals surface area contributed by atoms with E-state index < -0.39 is 0 Å². The van der Waals surface area contributed by atoms with Crippen molar-refractivity contribution in [2.45, 2.75) is 69.2 Å². The molecule has 160 valence electrons. The number of nitrogens with one attached hydrogen (secondary N) is 1. The van der Waals surface area contributed by atoms with Crippen molar-refractivity contribution in [1.29, 1.82) is 0 Å². The molecule has 1 N–H and O–H groups in total. The Kier molecular flexibility index (Phi) is 7.22. The summed E-state index contributed by atoms with van der Waals surface area (Å²) < 4.78 is 17.0. The number of nitrogens with zero attached hydrogens (tertiary/aromatic N) is 2. The molecule has 0 bridgehead atoms. The van der Waals surface area contributed by atoms with E-state index >= 15 is 0 Å². The fraction of sp³-hybridized carbons (Fsp3) is 0.952. The summed E-state index contributed by atoms with van der Waals surface area (Å²) in [5, 5.41) is 3.30. The fourth-order valence-electron chi connectivity index (χ4n) is 5.48. The monoisotopic (exact) mass is 395 g/mol. The number of carbonyl (C=O) groups excluding carboxylic acids is 1. The van der Waals surface area contributed by atoms with Crippen molar-refractivity contribution in [3.63, 3.8) is 0 Å². The molecule has 7 heteroatoms. The number of ether oxygens (including phenoxy) is 3. The molecule has 1 saturated carbocycles. The van der Waals surface area contributed by atoms with Gasteiger partial charge in [0.1, 0.15) is 0 Å². The van der Waals surface area contributed by atoms with Crippen LogP contribution >= 0.6 is 0 Å². The van der Waals surface area contributed by atoms with E-state index in [4.69, 9.17) is 14.2 Å². The Balaban J connectivity index is 1.32. The molecular weight excluding hydrogens is 358 g/mol. The van der Waals surface area contributed by atoms with E-state index in [1.54, 1.807) is 0 Å². The number of rotatable bonds is 6. The molecule has 4 fully saturated rings. The molecule has 4 aliphatic rings. The second-order valence-electron chi connectivity index (χ2n) is 8.80. The van der Waals surface area contributed by atoms with Gasteiger partial charge in [-0.2, -0.15) is 0 Å². The van der Waals surface area contributed by atoms with Crippen LogP contribution in [0.25, 0.3) is 0 Å². The smallest absolute Gasteiger partial charge is 0.234 e. The van der Waals surface area contributed by atoms with Crippen molar-refractivity contribution in [3.05, 3.63) is 0 Å². The normalized spacial score (nSPS) is 30.4. The lowest BCUT2D eigenvalue weighted by molar-refractivity contribution is -0.132. The lowest BCUT2D eigenvalue weighted by atomic mass is 9.79. The van der Waals surface area contributed by atoms with Crippen LogP contribution in [0.5, 0.6) is 0 Å². The van der Waals surface area contributed by atoms with Gasteiger partial charge in [0.2, 0.25) is 5.91 Å². The van der Waals surface area contributed by atoms with E-state index in [1.165, 1.54) is 38.5 Å². The van der Waals surface area contributed by atoms with Crippen molar-refractivity contribution in [2.24, 2.45) is 0 Å². The summed E-state index contributed by atoms with van der Waals surface area (Å²) in [7, 11) is 0. The van der Waals surface area contributed by atoms with Gasteiger partial charge >= 0.3 is 0 Å². The van der Waals surface area contributed by atoms with E-state index in [9.17, 15) is 4.79 Å². The average Bonchev–Trinajstić information content (AvgIpc) is 3.29. The minimum Gasteiger partial charge on any atom is -0.379 e. The first-order valence-corrected chi connectivity index (χ1v) is 11.3. The van der Waals surface area contributed by atoms with Crippen molar-refractivity contribution in [1.82, 2.24) is 15.1 Å². The topological polar surface area (TPSA) is 63.3 Å². The van der Waals surface area contributed by atoms with Gasteiger partial charge in [-0.15, -0.1) is 0 Å². The van der Waals surface area contributed by atoms with E-state index in [0.29, 0.717) is 19.8 Å². The van der Waals surface area contributed by atoms with E-state index in [0.717, 1.165) is 52.2 Å². The van der Waals surface area contributed by atoms with Gasteiger partial charge in [0.05, 0.1) is 39.0 Å². The highest BCUT2D eigenvalue weighted by atomic mass is 16.7. The van der Waals surface area contributed by atoms with Crippen molar-refractivity contribution in [3.8, 4) is 0 Å². The summed E-state index contributed by atoms with van der Waals surface area (Å²) in [6.07, 6.45) is 9.43. The molecule has 1 unspecified atom stereocenters. The molecule has 7 nitrogen and oxygen atoms in total. The second kappa shape index (κ2) is 9.85. The molecule has 28 heavy (non-hydrogen) atoms. The minimum absolute atomic E-state index is 0.122. The minimum atomic E-state index is -0.161. The molecule has 3 aliphatic heterocycles. The molecule has 0 aromatic heterocycles. The van der Waals surface area contributed by atoms with Crippen LogP contribution in [0.4, 0.5) is 0 Å². The van der Waals surface area contributed by atoms with Crippen LogP contribution in [-0.2, 0) is 19.0 Å². The Morgan fingerprint density at radius 3 is 2.43 bits per heavy atom. The number of carbonyl (C=O) groups is 1. The largest absolute Gasteiger partial charge is 0.379 e. The molecule has 3 saturated heterocycles. The van der Waals surface area contributed by atoms with Crippen LogP contribution in [0.2, 0.25) is 0 Å². The predicted molar refractivity (Wildman–Crippen MR) is 106 cm³/mol. The third kappa shape index (κ3) is 4.87. The molecule has 1 aliphatic carbocycles. The molecular formula is C21H37N3O4. The lowest BCUT2D eigenvalue weighted by Gasteiger charge is -2.48. The molecule has 0 spiro atoms. The Morgan fingerprint density at radius 2 is 1.68 bits per heavy atom. The Bertz CT molecular complexity index is 500. The van der Waals surface area contributed by atoms with Gasteiger partial charge in [0.15, 0.2) is 6.29 Å². The van der Waals surface area contributed by atoms with Gasteiger partial charge in [-0.05, 0) is 32.2 Å². The quantitative estimate of drug-likeness (QED) is 0.733. The van der Waals surface area contributed by atoms with Gasteiger partial charge in [-0.1, -0.05) is 25.7 Å². The molecule has 1 atom stereocenters. The van der Waals surface area contributed by atoms with Crippen LogP contribution in [0.3, 0.4) is 0 Å². The maximum absolute atomic E-state index is 12.9. The maximum atomic E-state index is 12.9. The van der Waals surface area contributed by atoms with Crippen LogP contribution in [0.15, 0.2) is 0 Å². The Morgan fingerprint density at radius 1 is 0.929 bits per heavy atom. The SMILES string of the molecule is O=C(CN1CCCCC1C1OCCO1)NCC1(N2CCOCC2)CCCCC1. The molecule has 0 aromatic rings. The van der Waals surface area contributed by atoms with Crippen LogP contribution in [-0.4, -0.2) is 92.7 Å². The third-order valence-corrected chi connectivity index (χ3v) is 7.05. The summed E-state index contributed by atoms with van der Waals surface area (Å²) in [6.45, 7) is 7.11. The van der Waals surface area contributed by atoms with E-state index in [-0.39, 0.29) is 23.8 Å². The number of amides is 1. The van der Waals surface area contributed by atoms with E-state index in [1.807, 2.05) is 0 Å². The van der Waals surface area contributed by atoms with Gasteiger partial charge < -0.3 is 19.5 Å². The van der Waals surface area contributed by atoms with Crippen LogP contribution in [0.1, 0.15) is 51.4 Å². The number of morpholine rings is 1. The average molecular weight is 396 g/mol. The summed E-state index contributed by atoms with van der Waals surface area (Å²) >= 11 is 0. The number of hydrogen-bond donors (Lipinski definition) is 1. The van der Waals surface area contributed by atoms with E-state index in [2.05, 4.69) is 15.1 Å². The second-order valence-corrected chi connectivity index (χ2v) is 8.80. The summed E-state index contributed by atoms with van der Waals surface area (Å²) in [5.74, 6) is 0.142. The molecule has 0 radical (unpaired) electrons. The molecule has 0 aromatic carbocycles. The predicted octanol–water partition coefficient (Wildman–Crippen LogP) is 1.37. The zero-order chi connectivity index (χ0) is 19.2. The fourth-order valence-corrected chi connectivity index (χ4v) is 5.48. The van der Waals surface area contributed by atoms with Gasteiger partial charge in [-0.3, -0.25) is 14.6 Å². The van der Waals surface area contributed by atoms with Gasteiger partial charge in [0, 0.05) is 25.2 Å². The highest BCUT2D eigenvalue weighted by Gasteiger charge is 2.39. The lowest BCUT2D eigenvalue weighted by Crippen LogP contribution is -2.60. The zero-order valence-electron chi connectivity index (χ0n) is 17.2. The number of hydrogen-bond acceptors (Lipinski definition) is 6. The summed E-state index contributed by atoms with van der Waals surface area (Å²) in [5.41, 5.74) is 0.122. The third-order valence-electron chi connectivity index (χ3n) is 7.05. The Labute approximate surface area is 169 Å². The summed E-state index contributed by atoms with van der Waals surface area (Å²) in [6, 6.07) is 0.213. The first kappa shape index (κ1) is 20.5. The van der Waals surface area contributed by atoms with Gasteiger partial charge in [0.25, 0.3) is 0 Å². The van der Waals surface area contributed by atoms with Crippen molar-refractivity contribution >= 4 is 5.91 Å². The summed E-state index contributed by atoms with van der Waals surface area (Å²) in [4.78, 5) is 17.7. The maximum Gasteiger partial charge on any atom is 0.234 e. The number of piperidine rings is 1. The number of likely N-dealkylation sites (tertiary alicyclic amines) is 1. The van der Waals surface area contributed by atoms with Crippen LogP contribution in [0, 0.1) is 0 Å². The van der Waals surface area contributed by atoms with Gasteiger partial charge in [-0.25, -0.2) is 0 Å². The van der Waals surface area contributed by atoms with Crippen LogP contribution < -0.4 is 5.32 Å². The van der Waals surface area contributed by atoms with Crippen molar-refractivity contribution < 1.29 is 19.0 Å². The first-order chi connectivity index (χ1) is 13.8. The molecule has 4 rings (SSSR count). The highest BCUT2D eigenvalue weighted by Crippen LogP contribution is 2.34. The first-order valence-electron chi connectivity index (χ1n) is 11.3. The highest BCUT2D eigenvalue weighted by molar-refractivity contribution is 5.78. The Hall–Kier alpha value is -0.730. The standard InChI is InChI=1S/C21H37N3O4/c25-19(16-23-9-5-2-6-18(23)20-27-14-15-28-20)22-17-21(7-3-1-4-8-21)24-10-12-26-13-11-24/h18,20H,1-17H2,(H,22,25). The molecule has 1 amide bonds. The molecule has 3 heterocycles. The van der Waals surface area contributed by atoms with Crippen molar-refractivity contribution in [2.75, 3.05) is 59.2 Å². The zero-order valence-corrected chi connectivity index (χ0v) is 17.2.